The van der Waals surface area contributed by atoms with Crippen molar-refractivity contribution in [3.8, 4) is 0 Å². The van der Waals surface area contributed by atoms with Gasteiger partial charge in [-0.2, -0.15) is 0 Å². The molecule has 0 atom stereocenters. The van der Waals surface area contributed by atoms with Crippen molar-refractivity contribution in [1.29, 1.82) is 0 Å². The molecular weight excluding hydrogens is 218 g/mol. The van der Waals surface area contributed by atoms with Crippen LogP contribution < -0.4 is 4.90 Å². The molecule has 0 heterocycles. The first-order chi connectivity index (χ1) is 7.79. The Kier molecular flexibility index (Phi) is 6.32. The van der Waals surface area contributed by atoms with Crippen molar-refractivity contribution < 1.29 is 0 Å². The van der Waals surface area contributed by atoms with Crippen molar-refractivity contribution in [2.45, 2.75) is 39.5 Å². The van der Waals surface area contributed by atoms with Gasteiger partial charge in [0.15, 0.2) is 0 Å². The molecule has 0 spiro atoms. The van der Waals surface area contributed by atoms with Crippen molar-refractivity contribution in [3.05, 3.63) is 29.3 Å². The monoisotopic (exact) mass is 239 g/mol. The van der Waals surface area contributed by atoms with Gasteiger partial charge in [-0.05, 0) is 25.0 Å². The van der Waals surface area contributed by atoms with Gasteiger partial charge < -0.3 is 4.90 Å². The summed E-state index contributed by atoms with van der Waals surface area (Å²) in [4.78, 5) is 2.41. The van der Waals surface area contributed by atoms with Crippen LogP contribution in [0.5, 0.6) is 0 Å². The Morgan fingerprint density at radius 1 is 1.00 bits per heavy atom. The van der Waals surface area contributed by atoms with Gasteiger partial charge in [0, 0.05) is 13.1 Å². The summed E-state index contributed by atoms with van der Waals surface area (Å²) >= 11 is 6.24. The largest absolute Gasteiger partial charge is 0.370 e. The van der Waals surface area contributed by atoms with E-state index in [0.29, 0.717) is 0 Å². The number of para-hydroxylation sites is 1. The lowest BCUT2D eigenvalue weighted by atomic mass is 10.2. The van der Waals surface area contributed by atoms with Gasteiger partial charge in [-0.1, -0.05) is 50.4 Å². The zero-order valence-corrected chi connectivity index (χ0v) is 11.1. The first kappa shape index (κ1) is 13.4. The molecule has 16 heavy (non-hydrogen) atoms. The summed E-state index contributed by atoms with van der Waals surface area (Å²) in [5, 5.41) is 0.870. The smallest absolute Gasteiger partial charge is 0.0639 e. The molecule has 0 aliphatic carbocycles. The van der Waals surface area contributed by atoms with Crippen molar-refractivity contribution in [2.75, 3.05) is 18.0 Å². The molecule has 0 aliphatic heterocycles. The van der Waals surface area contributed by atoms with Gasteiger partial charge in [-0.15, -0.1) is 0 Å². The SMILES string of the molecule is CCCCN(CCCC)c1ccccc1Cl. The van der Waals surface area contributed by atoms with E-state index in [-0.39, 0.29) is 0 Å². The van der Waals surface area contributed by atoms with E-state index in [0.717, 1.165) is 18.1 Å². The summed E-state index contributed by atoms with van der Waals surface area (Å²) in [7, 11) is 0. The number of anilines is 1. The number of nitrogens with zero attached hydrogens (tertiary/aromatic N) is 1. The quantitative estimate of drug-likeness (QED) is 0.664. The molecule has 1 aromatic rings. The van der Waals surface area contributed by atoms with Crippen LogP contribution >= 0.6 is 11.6 Å². The molecule has 0 bridgehead atoms. The van der Waals surface area contributed by atoms with Crippen LogP contribution in [0.15, 0.2) is 24.3 Å². The Morgan fingerprint density at radius 3 is 2.06 bits per heavy atom. The van der Waals surface area contributed by atoms with Crippen LogP contribution in [-0.4, -0.2) is 13.1 Å². The predicted octanol–water partition coefficient (Wildman–Crippen LogP) is 4.75. The third kappa shape index (κ3) is 4.05. The summed E-state index contributed by atoms with van der Waals surface area (Å²) in [6, 6.07) is 8.14. The Hall–Kier alpha value is -0.690. The Labute approximate surface area is 104 Å². The molecule has 0 fully saturated rings. The van der Waals surface area contributed by atoms with Gasteiger partial charge in [0.2, 0.25) is 0 Å². The number of rotatable bonds is 7. The highest BCUT2D eigenvalue weighted by atomic mass is 35.5. The molecule has 0 unspecified atom stereocenters. The van der Waals surface area contributed by atoms with E-state index in [1.165, 1.54) is 31.4 Å². The molecule has 0 radical (unpaired) electrons. The maximum atomic E-state index is 6.24. The second-order valence-electron chi connectivity index (χ2n) is 4.15. The standard InChI is InChI=1S/C14H22ClN/c1-3-5-11-16(12-6-4-2)14-10-8-7-9-13(14)15/h7-10H,3-6,11-12H2,1-2H3. The fraction of sp³-hybridized carbons (Fsp3) is 0.571. The van der Waals surface area contributed by atoms with Gasteiger partial charge in [0.05, 0.1) is 10.7 Å². The Bertz CT molecular complexity index is 291. The first-order valence-electron chi connectivity index (χ1n) is 6.29. The van der Waals surface area contributed by atoms with Gasteiger partial charge in [0.25, 0.3) is 0 Å². The van der Waals surface area contributed by atoms with Crippen molar-refractivity contribution >= 4 is 17.3 Å². The van der Waals surface area contributed by atoms with Gasteiger partial charge in [-0.25, -0.2) is 0 Å². The van der Waals surface area contributed by atoms with E-state index in [1.54, 1.807) is 0 Å². The average Bonchev–Trinajstić information content (AvgIpc) is 2.31. The molecule has 0 N–H and O–H groups in total. The van der Waals surface area contributed by atoms with Crippen LogP contribution in [-0.2, 0) is 0 Å². The molecule has 0 saturated carbocycles. The van der Waals surface area contributed by atoms with E-state index < -0.39 is 0 Å². The predicted molar refractivity (Wildman–Crippen MR) is 73.5 cm³/mol. The molecule has 0 amide bonds. The van der Waals surface area contributed by atoms with E-state index in [2.05, 4.69) is 30.9 Å². The van der Waals surface area contributed by atoms with Crippen molar-refractivity contribution in [3.63, 3.8) is 0 Å². The third-order valence-corrected chi connectivity index (χ3v) is 3.08. The zero-order valence-electron chi connectivity index (χ0n) is 10.4. The summed E-state index contributed by atoms with van der Waals surface area (Å²) in [6.45, 7) is 6.68. The van der Waals surface area contributed by atoms with Crippen LogP contribution in [0, 0.1) is 0 Å². The van der Waals surface area contributed by atoms with Crippen LogP contribution in [0.2, 0.25) is 5.02 Å². The maximum Gasteiger partial charge on any atom is 0.0639 e. The van der Waals surface area contributed by atoms with Crippen LogP contribution in [0.4, 0.5) is 5.69 Å². The number of hydrogen-bond acceptors (Lipinski definition) is 1. The number of hydrogen-bond donors (Lipinski definition) is 0. The van der Waals surface area contributed by atoms with Crippen molar-refractivity contribution in [1.82, 2.24) is 0 Å². The lowest BCUT2D eigenvalue weighted by Crippen LogP contribution is -2.25. The number of unbranched alkanes of at least 4 members (excludes halogenated alkanes) is 2. The molecule has 0 aliphatic rings. The molecule has 2 heteroatoms. The van der Waals surface area contributed by atoms with E-state index in [4.69, 9.17) is 11.6 Å². The summed E-state index contributed by atoms with van der Waals surface area (Å²) in [6.07, 6.45) is 4.92. The number of benzene rings is 1. The normalized spacial score (nSPS) is 10.4. The topological polar surface area (TPSA) is 3.24 Å². The highest BCUT2D eigenvalue weighted by Crippen LogP contribution is 2.25. The lowest BCUT2D eigenvalue weighted by Gasteiger charge is -2.25. The average molecular weight is 240 g/mol. The molecule has 0 saturated heterocycles. The van der Waals surface area contributed by atoms with E-state index in [9.17, 15) is 0 Å². The summed E-state index contributed by atoms with van der Waals surface area (Å²) in [5.74, 6) is 0. The van der Waals surface area contributed by atoms with Crippen LogP contribution in [0.1, 0.15) is 39.5 Å². The molecule has 1 rings (SSSR count). The minimum Gasteiger partial charge on any atom is -0.370 e. The minimum absolute atomic E-state index is 0.870. The highest BCUT2D eigenvalue weighted by Gasteiger charge is 2.08. The van der Waals surface area contributed by atoms with E-state index in [1.807, 2.05) is 12.1 Å². The summed E-state index contributed by atoms with van der Waals surface area (Å²) < 4.78 is 0. The van der Waals surface area contributed by atoms with Crippen LogP contribution in [0.3, 0.4) is 0 Å². The number of halogens is 1. The Balaban J connectivity index is 2.70. The molecule has 1 nitrogen and oxygen atoms in total. The Morgan fingerprint density at radius 2 is 1.56 bits per heavy atom. The molecule has 90 valence electrons. The summed E-state index contributed by atoms with van der Waals surface area (Å²) in [5.41, 5.74) is 1.19. The maximum absolute atomic E-state index is 6.24. The fourth-order valence-electron chi connectivity index (χ4n) is 1.76. The first-order valence-corrected chi connectivity index (χ1v) is 6.66. The fourth-order valence-corrected chi connectivity index (χ4v) is 2.01. The lowest BCUT2D eigenvalue weighted by molar-refractivity contribution is 0.678. The minimum atomic E-state index is 0.870. The van der Waals surface area contributed by atoms with Gasteiger partial charge in [0.1, 0.15) is 0 Å². The second-order valence-corrected chi connectivity index (χ2v) is 4.55. The third-order valence-electron chi connectivity index (χ3n) is 2.76. The molecule has 1 aromatic carbocycles. The zero-order chi connectivity index (χ0) is 11.8. The van der Waals surface area contributed by atoms with E-state index >= 15 is 0 Å². The highest BCUT2D eigenvalue weighted by molar-refractivity contribution is 6.33. The van der Waals surface area contributed by atoms with Gasteiger partial charge >= 0.3 is 0 Å². The molecular formula is C14H22ClN. The van der Waals surface area contributed by atoms with Crippen LogP contribution in [0.25, 0.3) is 0 Å². The van der Waals surface area contributed by atoms with Gasteiger partial charge in [-0.3, -0.25) is 0 Å². The second kappa shape index (κ2) is 7.56. The van der Waals surface area contributed by atoms with Crippen molar-refractivity contribution in [2.24, 2.45) is 0 Å². The molecule has 0 aromatic heterocycles.